The summed E-state index contributed by atoms with van der Waals surface area (Å²) in [5.74, 6) is 2.38. The van der Waals surface area contributed by atoms with Crippen molar-refractivity contribution < 1.29 is 0 Å². The lowest BCUT2D eigenvalue weighted by Gasteiger charge is -2.11. The van der Waals surface area contributed by atoms with Gasteiger partial charge in [-0.1, -0.05) is 24.6 Å². The number of benzene rings is 1. The summed E-state index contributed by atoms with van der Waals surface area (Å²) in [5.41, 5.74) is 2.00. The molecule has 0 atom stereocenters. The van der Waals surface area contributed by atoms with Crippen LogP contribution in [0.1, 0.15) is 24.7 Å². The molecule has 0 radical (unpaired) electrons. The Balaban J connectivity index is 2.32. The molecule has 0 spiro atoms. The van der Waals surface area contributed by atoms with E-state index in [1.165, 1.54) is 0 Å². The van der Waals surface area contributed by atoms with Crippen molar-refractivity contribution in [1.82, 2.24) is 9.97 Å². The van der Waals surface area contributed by atoms with Crippen LogP contribution < -0.4 is 10.6 Å². The van der Waals surface area contributed by atoms with Gasteiger partial charge in [0, 0.05) is 19.5 Å². The van der Waals surface area contributed by atoms with Crippen LogP contribution in [0.15, 0.2) is 24.3 Å². The number of nitrogens with zero attached hydrogens (tertiary/aromatic N) is 2. The van der Waals surface area contributed by atoms with Gasteiger partial charge in [-0.05, 0) is 31.0 Å². The normalized spacial score (nSPS) is 10.4. The number of aryl methyl sites for hydroxylation is 2. The van der Waals surface area contributed by atoms with Crippen molar-refractivity contribution in [3.05, 3.63) is 40.7 Å². The zero-order valence-electron chi connectivity index (χ0n) is 12.0. The lowest BCUT2D eigenvalue weighted by atomic mass is 10.2. The maximum Gasteiger partial charge on any atom is 0.136 e. The van der Waals surface area contributed by atoms with Gasteiger partial charge in [-0.3, -0.25) is 0 Å². The van der Waals surface area contributed by atoms with E-state index in [0.717, 1.165) is 41.6 Å². The van der Waals surface area contributed by atoms with E-state index in [9.17, 15) is 0 Å². The van der Waals surface area contributed by atoms with Crippen molar-refractivity contribution in [3.63, 3.8) is 0 Å². The lowest BCUT2D eigenvalue weighted by molar-refractivity contribution is 0.838. The van der Waals surface area contributed by atoms with Gasteiger partial charge in [0.2, 0.25) is 0 Å². The van der Waals surface area contributed by atoms with Gasteiger partial charge in [0.05, 0.1) is 10.7 Å². The molecular formula is C15H19ClN4. The van der Waals surface area contributed by atoms with Crippen LogP contribution in [0.25, 0.3) is 0 Å². The minimum atomic E-state index is 0.678. The maximum absolute atomic E-state index is 6.20. The fraction of sp³-hybridized carbons (Fsp3) is 0.333. The van der Waals surface area contributed by atoms with E-state index in [1.807, 2.05) is 38.2 Å². The predicted molar refractivity (Wildman–Crippen MR) is 85.0 cm³/mol. The number of nitrogens with one attached hydrogen (secondary N) is 2. The van der Waals surface area contributed by atoms with Gasteiger partial charge in [-0.15, -0.1) is 0 Å². The molecule has 0 saturated heterocycles. The number of halogens is 1. The van der Waals surface area contributed by atoms with E-state index in [1.54, 1.807) is 0 Å². The van der Waals surface area contributed by atoms with Crippen LogP contribution in [-0.2, 0) is 6.42 Å². The molecule has 1 aromatic heterocycles. The second-order valence-corrected chi connectivity index (χ2v) is 5.07. The Morgan fingerprint density at radius 3 is 2.60 bits per heavy atom. The summed E-state index contributed by atoms with van der Waals surface area (Å²) in [6, 6.07) is 7.74. The second kappa shape index (κ2) is 6.57. The van der Waals surface area contributed by atoms with Gasteiger partial charge in [0.25, 0.3) is 0 Å². The Labute approximate surface area is 124 Å². The molecule has 4 nitrogen and oxygen atoms in total. The Morgan fingerprint density at radius 1 is 1.15 bits per heavy atom. The van der Waals surface area contributed by atoms with Crippen molar-refractivity contribution in [3.8, 4) is 0 Å². The van der Waals surface area contributed by atoms with Gasteiger partial charge in [-0.2, -0.15) is 0 Å². The second-order valence-electron chi connectivity index (χ2n) is 4.66. The zero-order valence-corrected chi connectivity index (χ0v) is 12.8. The quantitative estimate of drug-likeness (QED) is 0.867. The average Bonchev–Trinajstić information content (AvgIpc) is 2.43. The van der Waals surface area contributed by atoms with Crippen LogP contribution in [0.3, 0.4) is 0 Å². The first kappa shape index (κ1) is 14.6. The van der Waals surface area contributed by atoms with Crippen LogP contribution in [0.2, 0.25) is 5.02 Å². The molecule has 2 rings (SSSR count). The van der Waals surface area contributed by atoms with Crippen LogP contribution >= 0.6 is 11.6 Å². The highest BCUT2D eigenvalue weighted by Crippen LogP contribution is 2.26. The SMILES string of the molecule is CCCc1nc(NC)cc(Nc2cc(C)ccc2Cl)n1. The highest BCUT2D eigenvalue weighted by molar-refractivity contribution is 6.33. The minimum Gasteiger partial charge on any atom is -0.373 e. The van der Waals surface area contributed by atoms with E-state index >= 15 is 0 Å². The van der Waals surface area contributed by atoms with Crippen molar-refractivity contribution in [2.24, 2.45) is 0 Å². The van der Waals surface area contributed by atoms with Crippen molar-refractivity contribution >= 4 is 28.9 Å². The first-order chi connectivity index (χ1) is 9.62. The van der Waals surface area contributed by atoms with E-state index in [4.69, 9.17) is 11.6 Å². The Hall–Kier alpha value is -1.81. The summed E-state index contributed by atoms with van der Waals surface area (Å²) in [5, 5.41) is 7.00. The van der Waals surface area contributed by atoms with Crippen LogP contribution in [0, 0.1) is 6.92 Å². The van der Waals surface area contributed by atoms with Gasteiger partial charge in [0.1, 0.15) is 17.5 Å². The molecule has 20 heavy (non-hydrogen) atoms. The van der Waals surface area contributed by atoms with Crippen molar-refractivity contribution in [1.29, 1.82) is 0 Å². The van der Waals surface area contributed by atoms with Crippen LogP contribution in [0.4, 0.5) is 17.3 Å². The Kier molecular flexibility index (Phi) is 4.79. The highest BCUT2D eigenvalue weighted by atomic mass is 35.5. The fourth-order valence-corrected chi connectivity index (χ4v) is 2.06. The molecule has 0 saturated carbocycles. The topological polar surface area (TPSA) is 49.8 Å². The molecule has 0 aliphatic rings. The third-order valence-electron chi connectivity index (χ3n) is 2.89. The number of hydrogen-bond donors (Lipinski definition) is 2. The van der Waals surface area contributed by atoms with Crippen LogP contribution in [-0.4, -0.2) is 17.0 Å². The molecule has 2 aromatic rings. The van der Waals surface area contributed by atoms with Gasteiger partial charge in [-0.25, -0.2) is 9.97 Å². The molecule has 0 aliphatic carbocycles. The Morgan fingerprint density at radius 2 is 1.90 bits per heavy atom. The monoisotopic (exact) mass is 290 g/mol. The molecular weight excluding hydrogens is 272 g/mol. The summed E-state index contributed by atoms with van der Waals surface area (Å²) < 4.78 is 0. The maximum atomic E-state index is 6.20. The summed E-state index contributed by atoms with van der Waals surface area (Å²) in [6.45, 7) is 4.14. The van der Waals surface area contributed by atoms with E-state index in [-0.39, 0.29) is 0 Å². The lowest BCUT2D eigenvalue weighted by Crippen LogP contribution is -2.04. The average molecular weight is 291 g/mol. The van der Waals surface area contributed by atoms with Crippen LogP contribution in [0.5, 0.6) is 0 Å². The first-order valence-electron chi connectivity index (χ1n) is 6.71. The molecule has 0 bridgehead atoms. The standard InChI is InChI=1S/C15H19ClN4/c1-4-5-13-19-14(17-3)9-15(20-13)18-12-8-10(2)6-7-11(12)16/h6-9H,4-5H2,1-3H3,(H2,17,18,19,20). The highest BCUT2D eigenvalue weighted by Gasteiger charge is 2.06. The third kappa shape index (κ3) is 3.61. The molecule has 0 amide bonds. The smallest absolute Gasteiger partial charge is 0.136 e. The Bertz CT molecular complexity index is 598. The number of aromatic nitrogens is 2. The van der Waals surface area contributed by atoms with Crippen molar-refractivity contribution in [2.75, 3.05) is 17.7 Å². The summed E-state index contributed by atoms with van der Waals surface area (Å²) >= 11 is 6.20. The fourth-order valence-electron chi connectivity index (χ4n) is 1.90. The minimum absolute atomic E-state index is 0.678. The molecule has 1 heterocycles. The predicted octanol–water partition coefficient (Wildman–Crippen LogP) is 4.18. The van der Waals surface area contributed by atoms with E-state index in [2.05, 4.69) is 27.5 Å². The van der Waals surface area contributed by atoms with Crippen molar-refractivity contribution in [2.45, 2.75) is 26.7 Å². The summed E-state index contributed by atoms with van der Waals surface area (Å²) in [4.78, 5) is 8.94. The molecule has 0 aliphatic heterocycles. The largest absolute Gasteiger partial charge is 0.373 e. The molecule has 1 aromatic carbocycles. The number of rotatable bonds is 5. The summed E-state index contributed by atoms with van der Waals surface area (Å²) in [6.07, 6.45) is 1.86. The molecule has 0 fully saturated rings. The molecule has 5 heteroatoms. The number of anilines is 3. The van der Waals surface area contributed by atoms with Gasteiger partial charge >= 0.3 is 0 Å². The molecule has 2 N–H and O–H groups in total. The zero-order chi connectivity index (χ0) is 14.5. The summed E-state index contributed by atoms with van der Waals surface area (Å²) in [7, 11) is 1.85. The first-order valence-corrected chi connectivity index (χ1v) is 7.09. The van der Waals surface area contributed by atoms with Gasteiger partial charge < -0.3 is 10.6 Å². The molecule has 106 valence electrons. The third-order valence-corrected chi connectivity index (χ3v) is 3.22. The number of hydrogen-bond acceptors (Lipinski definition) is 4. The van der Waals surface area contributed by atoms with E-state index < -0.39 is 0 Å². The van der Waals surface area contributed by atoms with E-state index in [0.29, 0.717) is 5.02 Å². The van der Waals surface area contributed by atoms with Gasteiger partial charge in [0.15, 0.2) is 0 Å². The molecule has 0 unspecified atom stereocenters.